The van der Waals surface area contributed by atoms with E-state index in [1.165, 1.54) is 17.7 Å². The van der Waals surface area contributed by atoms with Crippen molar-refractivity contribution >= 4 is 0 Å². The fourth-order valence-corrected chi connectivity index (χ4v) is 4.60. The molecule has 0 aliphatic carbocycles. The first-order valence-corrected chi connectivity index (χ1v) is 11.5. The predicted octanol–water partition coefficient (Wildman–Crippen LogP) is 4.44. The number of nitrogens with zero attached hydrogens (tertiary/aromatic N) is 4. The second-order valence-corrected chi connectivity index (χ2v) is 8.65. The highest BCUT2D eigenvalue weighted by molar-refractivity contribution is 5.55. The number of aromatic nitrogens is 2. The van der Waals surface area contributed by atoms with Gasteiger partial charge in [0.1, 0.15) is 5.82 Å². The van der Waals surface area contributed by atoms with Gasteiger partial charge in [-0.25, -0.2) is 4.39 Å². The molecule has 2 fully saturated rings. The van der Waals surface area contributed by atoms with Crippen LogP contribution in [0.25, 0.3) is 11.4 Å². The number of likely N-dealkylation sites (tertiary alicyclic amines) is 1. The molecule has 0 amide bonds. The topological polar surface area (TPSA) is 54.6 Å². The van der Waals surface area contributed by atoms with Crippen LogP contribution >= 0.6 is 0 Å². The Hall–Kier alpha value is -2.61. The Morgan fingerprint density at radius 1 is 0.938 bits per heavy atom. The normalized spacial score (nSPS) is 20.5. The number of hydrogen-bond donors (Lipinski definition) is 0. The van der Waals surface area contributed by atoms with Crippen LogP contribution in [0.5, 0.6) is 0 Å². The first kappa shape index (κ1) is 21.2. The fourth-order valence-electron chi connectivity index (χ4n) is 4.60. The summed E-state index contributed by atoms with van der Waals surface area (Å²) in [4.78, 5) is 9.55. The summed E-state index contributed by atoms with van der Waals surface area (Å²) < 4.78 is 24.5. The van der Waals surface area contributed by atoms with E-state index in [4.69, 9.17) is 14.2 Å². The zero-order valence-corrected chi connectivity index (χ0v) is 18.3. The molecule has 2 aliphatic rings. The van der Waals surface area contributed by atoms with E-state index in [2.05, 4.69) is 33.2 Å². The minimum atomic E-state index is -0.207. The summed E-state index contributed by atoms with van der Waals surface area (Å²) >= 11 is 0. The Kier molecular flexibility index (Phi) is 6.57. The van der Waals surface area contributed by atoms with Crippen LogP contribution in [0.1, 0.15) is 42.3 Å². The predicted molar refractivity (Wildman–Crippen MR) is 119 cm³/mol. The molecule has 168 valence electrons. The molecular weight excluding hydrogens is 407 g/mol. The SMILES string of the molecule is Fc1ccc(CN2CCCCC2c2nc(-c3cccc(CN4CCOCC4)c3)no2)cc1. The van der Waals surface area contributed by atoms with E-state index in [0.29, 0.717) is 11.7 Å². The van der Waals surface area contributed by atoms with E-state index in [1.807, 2.05) is 18.2 Å². The van der Waals surface area contributed by atoms with Crippen LogP contribution in [0.15, 0.2) is 53.1 Å². The lowest BCUT2D eigenvalue weighted by molar-refractivity contribution is 0.0342. The van der Waals surface area contributed by atoms with Gasteiger partial charge in [0.25, 0.3) is 0 Å². The van der Waals surface area contributed by atoms with Crippen LogP contribution in [-0.4, -0.2) is 52.8 Å². The van der Waals surface area contributed by atoms with E-state index in [0.717, 1.165) is 76.3 Å². The van der Waals surface area contributed by atoms with Gasteiger partial charge in [-0.2, -0.15) is 4.98 Å². The molecule has 1 atom stereocenters. The number of rotatable bonds is 6. The van der Waals surface area contributed by atoms with Crippen molar-refractivity contribution in [3.63, 3.8) is 0 Å². The second kappa shape index (κ2) is 9.90. The lowest BCUT2D eigenvalue weighted by Crippen LogP contribution is -2.35. The Morgan fingerprint density at radius 3 is 2.62 bits per heavy atom. The number of hydrogen-bond acceptors (Lipinski definition) is 6. The summed E-state index contributed by atoms with van der Waals surface area (Å²) in [5, 5.41) is 4.31. The Bertz CT molecular complexity index is 1020. The molecule has 3 aromatic rings. The number of morpholine rings is 1. The van der Waals surface area contributed by atoms with Crippen LogP contribution in [-0.2, 0) is 17.8 Å². The molecule has 2 aromatic carbocycles. The van der Waals surface area contributed by atoms with Crippen molar-refractivity contribution in [2.75, 3.05) is 32.8 Å². The molecule has 0 spiro atoms. The quantitative estimate of drug-likeness (QED) is 0.570. The van der Waals surface area contributed by atoms with Gasteiger partial charge in [-0.05, 0) is 48.7 Å². The largest absolute Gasteiger partial charge is 0.379 e. The Balaban J connectivity index is 1.30. The molecule has 5 rings (SSSR count). The average Bonchev–Trinajstić information content (AvgIpc) is 3.32. The molecule has 0 radical (unpaired) electrons. The minimum absolute atomic E-state index is 0.0894. The van der Waals surface area contributed by atoms with Crippen molar-refractivity contribution in [3.8, 4) is 11.4 Å². The third-order valence-electron chi connectivity index (χ3n) is 6.33. The monoisotopic (exact) mass is 436 g/mol. The van der Waals surface area contributed by atoms with Gasteiger partial charge in [-0.15, -0.1) is 0 Å². The molecule has 1 unspecified atom stereocenters. The second-order valence-electron chi connectivity index (χ2n) is 8.65. The molecule has 0 bridgehead atoms. The summed E-state index contributed by atoms with van der Waals surface area (Å²) in [5.74, 6) is 1.10. The molecule has 32 heavy (non-hydrogen) atoms. The number of halogens is 1. The van der Waals surface area contributed by atoms with Gasteiger partial charge in [0, 0.05) is 31.7 Å². The molecule has 3 heterocycles. The third-order valence-corrected chi connectivity index (χ3v) is 6.33. The zero-order valence-electron chi connectivity index (χ0n) is 18.3. The number of piperidine rings is 1. The van der Waals surface area contributed by atoms with Gasteiger partial charge < -0.3 is 9.26 Å². The van der Waals surface area contributed by atoms with Gasteiger partial charge in [0.2, 0.25) is 11.7 Å². The summed E-state index contributed by atoms with van der Waals surface area (Å²) in [6, 6.07) is 15.2. The lowest BCUT2D eigenvalue weighted by Gasteiger charge is -2.33. The maximum absolute atomic E-state index is 13.3. The maximum atomic E-state index is 13.3. The first-order chi connectivity index (χ1) is 15.7. The van der Waals surface area contributed by atoms with Crippen LogP contribution < -0.4 is 0 Å². The van der Waals surface area contributed by atoms with Gasteiger partial charge in [-0.3, -0.25) is 9.80 Å². The van der Waals surface area contributed by atoms with E-state index in [1.54, 1.807) is 0 Å². The minimum Gasteiger partial charge on any atom is -0.379 e. The van der Waals surface area contributed by atoms with Gasteiger partial charge in [0.05, 0.1) is 19.3 Å². The van der Waals surface area contributed by atoms with E-state index in [9.17, 15) is 4.39 Å². The van der Waals surface area contributed by atoms with E-state index in [-0.39, 0.29) is 11.9 Å². The maximum Gasteiger partial charge on any atom is 0.244 e. The smallest absolute Gasteiger partial charge is 0.244 e. The van der Waals surface area contributed by atoms with Crippen LogP contribution in [0.4, 0.5) is 4.39 Å². The highest BCUT2D eigenvalue weighted by Crippen LogP contribution is 2.32. The highest BCUT2D eigenvalue weighted by atomic mass is 19.1. The van der Waals surface area contributed by atoms with Crippen molar-refractivity contribution in [2.24, 2.45) is 0 Å². The first-order valence-electron chi connectivity index (χ1n) is 11.5. The fraction of sp³-hybridized carbons (Fsp3) is 0.440. The number of ether oxygens (including phenoxy) is 1. The van der Waals surface area contributed by atoms with E-state index < -0.39 is 0 Å². The van der Waals surface area contributed by atoms with Crippen molar-refractivity contribution in [2.45, 2.75) is 38.4 Å². The summed E-state index contributed by atoms with van der Waals surface area (Å²) in [6.45, 7) is 6.13. The molecule has 2 saturated heterocycles. The summed E-state index contributed by atoms with van der Waals surface area (Å²) in [6.07, 6.45) is 3.26. The van der Waals surface area contributed by atoms with Gasteiger partial charge in [-0.1, -0.05) is 41.9 Å². The molecule has 0 saturated carbocycles. The standard InChI is InChI=1S/C25H29FN4O2/c26-22-9-7-19(8-10-22)18-30-11-2-1-6-23(30)25-27-24(28-32-25)21-5-3-4-20(16-21)17-29-12-14-31-15-13-29/h3-5,7-10,16,23H,1-2,6,11-15,17-18H2. The molecular formula is C25H29FN4O2. The molecule has 7 heteroatoms. The zero-order chi connectivity index (χ0) is 21.8. The Labute approximate surface area is 188 Å². The lowest BCUT2D eigenvalue weighted by atomic mass is 10.0. The van der Waals surface area contributed by atoms with Gasteiger partial charge >= 0.3 is 0 Å². The molecule has 0 N–H and O–H groups in total. The van der Waals surface area contributed by atoms with E-state index >= 15 is 0 Å². The highest BCUT2D eigenvalue weighted by Gasteiger charge is 2.29. The number of benzene rings is 2. The van der Waals surface area contributed by atoms with Gasteiger partial charge in [0.15, 0.2) is 0 Å². The van der Waals surface area contributed by atoms with Crippen LogP contribution in [0, 0.1) is 5.82 Å². The molecule has 6 nitrogen and oxygen atoms in total. The summed E-state index contributed by atoms with van der Waals surface area (Å²) in [7, 11) is 0. The van der Waals surface area contributed by atoms with Crippen molar-refractivity contribution in [3.05, 3.63) is 71.4 Å². The van der Waals surface area contributed by atoms with Crippen molar-refractivity contribution in [1.82, 2.24) is 19.9 Å². The average molecular weight is 437 g/mol. The van der Waals surface area contributed by atoms with Crippen LogP contribution in [0.3, 0.4) is 0 Å². The molecule has 2 aliphatic heterocycles. The Morgan fingerprint density at radius 2 is 1.78 bits per heavy atom. The van der Waals surface area contributed by atoms with Crippen LogP contribution in [0.2, 0.25) is 0 Å². The molecule has 1 aromatic heterocycles. The van der Waals surface area contributed by atoms with Crippen molar-refractivity contribution in [1.29, 1.82) is 0 Å². The summed E-state index contributed by atoms with van der Waals surface area (Å²) in [5.41, 5.74) is 3.31. The third kappa shape index (κ3) is 5.06. The van der Waals surface area contributed by atoms with Crippen molar-refractivity contribution < 1.29 is 13.7 Å².